The Hall–Kier alpha value is -0.120. The van der Waals surface area contributed by atoms with Gasteiger partial charge in [-0.15, -0.1) is 0 Å². The van der Waals surface area contributed by atoms with Gasteiger partial charge in [-0.1, -0.05) is 13.8 Å². The lowest BCUT2D eigenvalue weighted by molar-refractivity contribution is -0.0737. The first kappa shape index (κ1) is 13.3. The third-order valence-electron chi connectivity index (χ3n) is 4.43. The number of hydrogen-bond acceptors (Lipinski definition) is 3. The van der Waals surface area contributed by atoms with Crippen LogP contribution in [0.1, 0.15) is 33.6 Å². The van der Waals surface area contributed by atoms with Gasteiger partial charge in [-0.2, -0.15) is 0 Å². The van der Waals surface area contributed by atoms with Crippen molar-refractivity contribution < 1.29 is 4.74 Å². The van der Waals surface area contributed by atoms with Crippen molar-refractivity contribution in [2.45, 2.75) is 39.2 Å². The van der Waals surface area contributed by atoms with E-state index in [1.165, 1.54) is 25.9 Å². The third-order valence-corrected chi connectivity index (χ3v) is 4.43. The van der Waals surface area contributed by atoms with Crippen molar-refractivity contribution in [2.75, 3.05) is 39.3 Å². The number of nitrogens with one attached hydrogen (secondary N) is 1. The van der Waals surface area contributed by atoms with Gasteiger partial charge in [-0.3, -0.25) is 0 Å². The highest BCUT2D eigenvalue weighted by Crippen LogP contribution is 2.24. The Balaban J connectivity index is 1.58. The van der Waals surface area contributed by atoms with Crippen LogP contribution >= 0.6 is 0 Å². The van der Waals surface area contributed by atoms with Gasteiger partial charge in [0, 0.05) is 19.6 Å². The Morgan fingerprint density at radius 2 is 1.94 bits per heavy atom. The molecular formula is C14H28N2O. The molecule has 2 aliphatic heterocycles. The lowest BCUT2D eigenvalue weighted by Crippen LogP contribution is -2.59. The Labute approximate surface area is 106 Å². The number of rotatable bonds is 5. The summed E-state index contributed by atoms with van der Waals surface area (Å²) >= 11 is 0. The molecule has 0 amide bonds. The first-order valence-corrected chi connectivity index (χ1v) is 7.16. The summed E-state index contributed by atoms with van der Waals surface area (Å²) in [5, 5.41) is 3.27. The average Bonchev–Trinajstić information content (AvgIpc) is 2.27. The zero-order valence-electron chi connectivity index (χ0n) is 11.7. The highest BCUT2D eigenvalue weighted by atomic mass is 16.5. The number of hydrogen-bond donors (Lipinski definition) is 1. The molecule has 0 unspecified atom stereocenters. The Morgan fingerprint density at radius 1 is 1.29 bits per heavy atom. The van der Waals surface area contributed by atoms with Gasteiger partial charge < -0.3 is 15.0 Å². The normalized spacial score (nSPS) is 26.1. The van der Waals surface area contributed by atoms with Gasteiger partial charge >= 0.3 is 0 Å². The van der Waals surface area contributed by atoms with Crippen LogP contribution in [0.2, 0.25) is 0 Å². The van der Waals surface area contributed by atoms with E-state index in [0.717, 1.165) is 38.1 Å². The molecule has 0 atom stereocenters. The van der Waals surface area contributed by atoms with E-state index in [1.54, 1.807) is 0 Å². The van der Waals surface area contributed by atoms with Crippen molar-refractivity contribution in [1.82, 2.24) is 10.2 Å². The van der Waals surface area contributed by atoms with Gasteiger partial charge in [0.05, 0.1) is 12.2 Å². The van der Waals surface area contributed by atoms with E-state index < -0.39 is 0 Å². The first-order valence-electron chi connectivity index (χ1n) is 7.16. The summed E-state index contributed by atoms with van der Waals surface area (Å²) in [5.74, 6) is 1.80. The number of ether oxygens (including phenoxy) is 1. The maximum atomic E-state index is 5.94. The van der Waals surface area contributed by atoms with Gasteiger partial charge in [-0.05, 0) is 44.7 Å². The standard InChI is InChI=1S/C14H28N2O/c1-12(2)13-4-6-16(7-5-13)8-9-17-14(3)10-15-11-14/h12-13,15H,4-11H2,1-3H3. The molecule has 0 aromatic rings. The molecule has 2 rings (SSSR count). The van der Waals surface area contributed by atoms with Crippen LogP contribution in [0.4, 0.5) is 0 Å². The van der Waals surface area contributed by atoms with Crippen molar-refractivity contribution in [3.63, 3.8) is 0 Å². The fourth-order valence-electron chi connectivity index (χ4n) is 2.84. The summed E-state index contributed by atoms with van der Waals surface area (Å²) in [4.78, 5) is 2.56. The summed E-state index contributed by atoms with van der Waals surface area (Å²) in [6.07, 6.45) is 2.74. The molecule has 0 aromatic heterocycles. The SMILES string of the molecule is CC(C)C1CCN(CCOC2(C)CNC2)CC1. The van der Waals surface area contributed by atoms with Crippen LogP contribution in [0, 0.1) is 11.8 Å². The molecule has 0 spiro atoms. The second-order valence-electron chi connectivity index (χ2n) is 6.33. The molecule has 3 heteroatoms. The second-order valence-corrected chi connectivity index (χ2v) is 6.33. The molecule has 2 saturated heterocycles. The molecule has 1 N–H and O–H groups in total. The summed E-state index contributed by atoms with van der Waals surface area (Å²) < 4.78 is 5.94. The van der Waals surface area contributed by atoms with Gasteiger partial charge in [0.2, 0.25) is 0 Å². The van der Waals surface area contributed by atoms with Crippen molar-refractivity contribution in [2.24, 2.45) is 11.8 Å². The molecule has 0 aromatic carbocycles. The Kier molecular flexibility index (Phi) is 4.45. The minimum Gasteiger partial charge on any atom is -0.371 e. The summed E-state index contributed by atoms with van der Waals surface area (Å²) in [5.41, 5.74) is 0.121. The van der Waals surface area contributed by atoms with Crippen LogP contribution in [0.3, 0.4) is 0 Å². The molecule has 2 aliphatic rings. The molecule has 0 radical (unpaired) electrons. The highest BCUT2D eigenvalue weighted by molar-refractivity contribution is 4.90. The lowest BCUT2D eigenvalue weighted by atomic mass is 9.87. The van der Waals surface area contributed by atoms with E-state index in [2.05, 4.69) is 31.0 Å². The molecular weight excluding hydrogens is 212 g/mol. The van der Waals surface area contributed by atoms with E-state index in [4.69, 9.17) is 4.74 Å². The zero-order chi connectivity index (χ0) is 12.3. The van der Waals surface area contributed by atoms with Gasteiger partial charge in [-0.25, -0.2) is 0 Å². The van der Waals surface area contributed by atoms with Gasteiger partial charge in [0.1, 0.15) is 0 Å². The van der Waals surface area contributed by atoms with Crippen molar-refractivity contribution in [3.05, 3.63) is 0 Å². The van der Waals surface area contributed by atoms with Gasteiger partial charge in [0.25, 0.3) is 0 Å². The molecule has 17 heavy (non-hydrogen) atoms. The van der Waals surface area contributed by atoms with E-state index in [-0.39, 0.29) is 5.60 Å². The number of likely N-dealkylation sites (tertiary alicyclic amines) is 1. The summed E-state index contributed by atoms with van der Waals surface area (Å²) in [6, 6.07) is 0. The van der Waals surface area contributed by atoms with Crippen LogP contribution in [-0.4, -0.2) is 49.8 Å². The number of nitrogens with zero attached hydrogens (tertiary/aromatic N) is 1. The van der Waals surface area contributed by atoms with Crippen LogP contribution in [0.5, 0.6) is 0 Å². The molecule has 2 fully saturated rings. The van der Waals surface area contributed by atoms with Crippen LogP contribution in [-0.2, 0) is 4.74 Å². The van der Waals surface area contributed by atoms with E-state index in [1.807, 2.05) is 0 Å². The fourth-order valence-corrected chi connectivity index (χ4v) is 2.84. The molecule has 2 heterocycles. The fraction of sp³-hybridized carbons (Fsp3) is 1.00. The summed E-state index contributed by atoms with van der Waals surface area (Å²) in [7, 11) is 0. The monoisotopic (exact) mass is 240 g/mol. The maximum Gasteiger partial charge on any atom is 0.0902 e. The smallest absolute Gasteiger partial charge is 0.0902 e. The van der Waals surface area contributed by atoms with Crippen LogP contribution < -0.4 is 5.32 Å². The quantitative estimate of drug-likeness (QED) is 0.792. The second kappa shape index (κ2) is 5.68. The highest BCUT2D eigenvalue weighted by Gasteiger charge is 2.32. The van der Waals surface area contributed by atoms with Crippen molar-refractivity contribution >= 4 is 0 Å². The minimum absolute atomic E-state index is 0.121. The van der Waals surface area contributed by atoms with Crippen molar-refractivity contribution in [1.29, 1.82) is 0 Å². The largest absolute Gasteiger partial charge is 0.371 e. The van der Waals surface area contributed by atoms with E-state index >= 15 is 0 Å². The lowest BCUT2D eigenvalue weighted by Gasteiger charge is -2.40. The average molecular weight is 240 g/mol. The predicted molar refractivity (Wildman–Crippen MR) is 71.2 cm³/mol. The van der Waals surface area contributed by atoms with E-state index in [9.17, 15) is 0 Å². The zero-order valence-corrected chi connectivity index (χ0v) is 11.7. The summed E-state index contributed by atoms with van der Waals surface area (Å²) in [6.45, 7) is 13.5. The molecule has 0 saturated carbocycles. The Morgan fingerprint density at radius 3 is 2.41 bits per heavy atom. The van der Waals surface area contributed by atoms with Crippen LogP contribution in [0.25, 0.3) is 0 Å². The van der Waals surface area contributed by atoms with E-state index in [0.29, 0.717) is 0 Å². The number of piperidine rings is 1. The molecule has 0 bridgehead atoms. The minimum atomic E-state index is 0.121. The van der Waals surface area contributed by atoms with Gasteiger partial charge in [0.15, 0.2) is 0 Å². The molecule has 0 aliphatic carbocycles. The first-order chi connectivity index (χ1) is 8.09. The predicted octanol–water partition coefficient (Wildman–Crippen LogP) is 1.73. The molecule has 100 valence electrons. The molecule has 3 nitrogen and oxygen atoms in total. The maximum absolute atomic E-state index is 5.94. The van der Waals surface area contributed by atoms with Crippen molar-refractivity contribution in [3.8, 4) is 0 Å². The topological polar surface area (TPSA) is 24.5 Å². The van der Waals surface area contributed by atoms with Crippen LogP contribution in [0.15, 0.2) is 0 Å². The Bertz CT molecular complexity index is 230. The third kappa shape index (κ3) is 3.67.